The van der Waals surface area contributed by atoms with Gasteiger partial charge in [0.25, 0.3) is 0 Å². The molecule has 0 aromatic heterocycles. The molecule has 0 amide bonds. The van der Waals surface area contributed by atoms with E-state index in [0.717, 1.165) is 5.56 Å². The summed E-state index contributed by atoms with van der Waals surface area (Å²) >= 11 is 11.3. The molecule has 0 radical (unpaired) electrons. The normalized spacial score (nSPS) is 9.17. The molecule has 1 rings (SSSR count). The van der Waals surface area contributed by atoms with Gasteiger partial charge in [-0.25, -0.2) is 0 Å². The minimum absolute atomic E-state index is 0.399. The molecule has 0 aliphatic rings. The lowest BCUT2D eigenvalue weighted by molar-refractivity contribution is 1.37. The molecule has 12 heavy (non-hydrogen) atoms. The van der Waals surface area contributed by atoms with Crippen molar-refractivity contribution in [2.24, 2.45) is 5.11 Å². The van der Waals surface area contributed by atoms with Gasteiger partial charge >= 0.3 is 0 Å². The molecule has 0 atom stereocenters. The first-order valence-corrected chi connectivity index (χ1v) is 4.08. The molecule has 0 fully saturated rings. The van der Waals surface area contributed by atoms with Crippen molar-refractivity contribution in [1.29, 1.82) is 0 Å². The van der Waals surface area contributed by atoms with E-state index in [-0.39, 0.29) is 0 Å². The van der Waals surface area contributed by atoms with Crippen LogP contribution in [-0.2, 0) is 5.88 Å². The molecule has 0 aliphatic heterocycles. The van der Waals surface area contributed by atoms with Crippen LogP contribution in [0.5, 0.6) is 0 Å². The summed E-state index contributed by atoms with van der Waals surface area (Å²) in [5.41, 5.74) is 9.47. The Balaban J connectivity index is 3.11. The standard InChI is InChI=1S/C7H5Cl2N3/c8-4-5-1-2-7(11-12-10)6(9)3-5/h1-3H,4H2. The Bertz CT molecular complexity index is 331. The fourth-order valence-corrected chi connectivity index (χ4v) is 1.17. The zero-order valence-corrected chi connectivity index (χ0v) is 7.55. The van der Waals surface area contributed by atoms with Crippen LogP contribution in [0.2, 0.25) is 5.02 Å². The van der Waals surface area contributed by atoms with Gasteiger partial charge in [-0.05, 0) is 17.2 Å². The van der Waals surface area contributed by atoms with Crippen molar-refractivity contribution >= 4 is 28.9 Å². The Kier molecular flexibility index (Phi) is 3.23. The maximum absolute atomic E-state index is 8.14. The fourth-order valence-electron chi connectivity index (χ4n) is 0.763. The van der Waals surface area contributed by atoms with E-state index < -0.39 is 0 Å². The van der Waals surface area contributed by atoms with Crippen LogP contribution in [-0.4, -0.2) is 0 Å². The van der Waals surface area contributed by atoms with Crippen molar-refractivity contribution in [1.82, 2.24) is 0 Å². The average Bonchev–Trinajstić information content (AvgIpc) is 2.09. The second-order valence-corrected chi connectivity index (χ2v) is 2.78. The van der Waals surface area contributed by atoms with E-state index in [1.54, 1.807) is 18.2 Å². The second-order valence-electron chi connectivity index (χ2n) is 2.11. The van der Waals surface area contributed by atoms with Crippen molar-refractivity contribution in [2.75, 3.05) is 0 Å². The quantitative estimate of drug-likeness (QED) is 0.301. The molecule has 0 saturated heterocycles. The Hall–Kier alpha value is -0.890. The average molecular weight is 202 g/mol. The van der Waals surface area contributed by atoms with Gasteiger partial charge < -0.3 is 0 Å². The second kappa shape index (κ2) is 4.21. The Morgan fingerprint density at radius 1 is 1.50 bits per heavy atom. The number of hydrogen-bond acceptors (Lipinski definition) is 1. The van der Waals surface area contributed by atoms with Crippen LogP contribution in [0.15, 0.2) is 23.3 Å². The van der Waals surface area contributed by atoms with Crippen molar-refractivity contribution < 1.29 is 0 Å². The van der Waals surface area contributed by atoms with Gasteiger partial charge in [-0.2, -0.15) is 0 Å². The van der Waals surface area contributed by atoms with Gasteiger partial charge in [0.15, 0.2) is 0 Å². The topological polar surface area (TPSA) is 48.8 Å². The molecule has 0 spiro atoms. The lowest BCUT2D eigenvalue weighted by Gasteiger charge is -1.98. The number of azide groups is 1. The number of halogens is 2. The lowest BCUT2D eigenvalue weighted by Crippen LogP contribution is -1.76. The van der Waals surface area contributed by atoms with Gasteiger partial charge in [0.2, 0.25) is 0 Å². The number of benzene rings is 1. The van der Waals surface area contributed by atoms with Crippen molar-refractivity contribution in [3.63, 3.8) is 0 Å². The van der Waals surface area contributed by atoms with E-state index in [9.17, 15) is 0 Å². The minimum Gasteiger partial charge on any atom is -0.122 e. The molecule has 0 saturated carbocycles. The molecular formula is C7H5Cl2N3. The SMILES string of the molecule is [N-]=[N+]=Nc1ccc(CCl)cc1Cl. The van der Waals surface area contributed by atoms with Crippen molar-refractivity contribution in [2.45, 2.75) is 5.88 Å². The zero-order chi connectivity index (χ0) is 8.97. The molecule has 0 aliphatic carbocycles. The molecule has 0 N–H and O–H groups in total. The van der Waals surface area contributed by atoms with Gasteiger partial charge in [-0.15, -0.1) is 11.6 Å². The van der Waals surface area contributed by atoms with E-state index >= 15 is 0 Å². The molecule has 62 valence electrons. The first-order chi connectivity index (χ1) is 5.77. The highest BCUT2D eigenvalue weighted by Gasteiger charge is 1.98. The van der Waals surface area contributed by atoms with Crippen LogP contribution in [0.1, 0.15) is 5.56 Å². The zero-order valence-electron chi connectivity index (χ0n) is 6.04. The van der Waals surface area contributed by atoms with Crippen LogP contribution in [0.3, 0.4) is 0 Å². The van der Waals surface area contributed by atoms with Gasteiger partial charge in [0.1, 0.15) is 0 Å². The smallest absolute Gasteiger partial charge is 0.0561 e. The summed E-state index contributed by atoms with van der Waals surface area (Å²) in [7, 11) is 0. The molecule has 1 aromatic carbocycles. The monoisotopic (exact) mass is 201 g/mol. The van der Waals surface area contributed by atoms with Gasteiger partial charge in [-0.3, -0.25) is 0 Å². The summed E-state index contributed by atoms with van der Waals surface area (Å²) < 4.78 is 0. The van der Waals surface area contributed by atoms with Crippen LogP contribution >= 0.6 is 23.2 Å². The number of hydrogen-bond donors (Lipinski definition) is 0. The van der Waals surface area contributed by atoms with Gasteiger partial charge in [0, 0.05) is 10.8 Å². The fraction of sp³-hybridized carbons (Fsp3) is 0.143. The first kappa shape index (κ1) is 9.20. The van der Waals surface area contributed by atoms with Crippen LogP contribution in [0.25, 0.3) is 10.4 Å². The molecule has 5 heteroatoms. The number of rotatable bonds is 2. The molecule has 0 bridgehead atoms. The third kappa shape index (κ3) is 2.05. The minimum atomic E-state index is 0.399. The van der Waals surface area contributed by atoms with Crippen molar-refractivity contribution in [3.8, 4) is 0 Å². The summed E-state index contributed by atoms with van der Waals surface area (Å²) in [6.07, 6.45) is 0. The Morgan fingerprint density at radius 3 is 2.75 bits per heavy atom. The molecule has 1 aromatic rings. The summed E-state index contributed by atoms with van der Waals surface area (Å²) in [5.74, 6) is 0.399. The molecule has 0 heterocycles. The van der Waals surface area contributed by atoms with Gasteiger partial charge in [0.05, 0.1) is 10.7 Å². The third-order valence-electron chi connectivity index (χ3n) is 1.32. The predicted molar refractivity (Wildman–Crippen MR) is 49.8 cm³/mol. The number of nitrogens with zero attached hydrogens (tertiary/aromatic N) is 3. The maximum Gasteiger partial charge on any atom is 0.0561 e. The highest BCUT2D eigenvalue weighted by atomic mass is 35.5. The molecule has 3 nitrogen and oxygen atoms in total. The van der Waals surface area contributed by atoms with E-state index in [1.807, 2.05) is 0 Å². The van der Waals surface area contributed by atoms with Crippen LogP contribution < -0.4 is 0 Å². The summed E-state index contributed by atoms with van der Waals surface area (Å²) in [4.78, 5) is 2.63. The summed E-state index contributed by atoms with van der Waals surface area (Å²) in [6.45, 7) is 0. The Labute approximate surface area is 79.5 Å². The molecule has 0 unspecified atom stereocenters. The van der Waals surface area contributed by atoms with Crippen LogP contribution in [0, 0.1) is 0 Å². The van der Waals surface area contributed by atoms with E-state index in [2.05, 4.69) is 10.0 Å². The summed E-state index contributed by atoms with van der Waals surface area (Å²) in [6, 6.07) is 5.08. The van der Waals surface area contributed by atoms with Crippen LogP contribution in [0.4, 0.5) is 5.69 Å². The largest absolute Gasteiger partial charge is 0.122 e. The highest BCUT2D eigenvalue weighted by Crippen LogP contribution is 2.26. The molecular weight excluding hydrogens is 197 g/mol. The maximum atomic E-state index is 8.14. The van der Waals surface area contributed by atoms with E-state index in [0.29, 0.717) is 16.6 Å². The lowest BCUT2D eigenvalue weighted by atomic mass is 10.2. The van der Waals surface area contributed by atoms with Crippen molar-refractivity contribution in [3.05, 3.63) is 39.2 Å². The predicted octanol–water partition coefficient (Wildman–Crippen LogP) is 4.02. The first-order valence-electron chi connectivity index (χ1n) is 3.17. The third-order valence-corrected chi connectivity index (χ3v) is 1.93. The highest BCUT2D eigenvalue weighted by molar-refractivity contribution is 6.33. The van der Waals surface area contributed by atoms with E-state index in [1.165, 1.54) is 0 Å². The van der Waals surface area contributed by atoms with Gasteiger partial charge in [-0.1, -0.05) is 28.8 Å². The summed E-state index contributed by atoms with van der Waals surface area (Å²) in [5, 5.41) is 3.81. The Morgan fingerprint density at radius 2 is 2.25 bits per heavy atom. The number of alkyl halides is 1. The van der Waals surface area contributed by atoms with E-state index in [4.69, 9.17) is 28.7 Å².